The second-order valence-corrected chi connectivity index (χ2v) is 3.96. The van der Waals surface area contributed by atoms with Crippen LogP contribution in [0.1, 0.15) is 0 Å². The summed E-state index contributed by atoms with van der Waals surface area (Å²) in [5.74, 6) is 1.12. The fourth-order valence-corrected chi connectivity index (χ4v) is 1.85. The normalized spacial score (nSPS) is 16.7. The molecule has 2 N–H and O–H groups in total. The SMILES string of the molecule is O=c1[nH]nc2cc(N3CC(CO)C3)ncn12. The van der Waals surface area contributed by atoms with Gasteiger partial charge in [0, 0.05) is 31.7 Å². The standard InChI is InChI=1S/C9H11N5O2/c15-4-6-2-13(3-6)7-1-8-11-12-9(16)14(8)5-10-7/h1,5-6,15H,2-4H2,(H,12,16). The summed E-state index contributed by atoms with van der Waals surface area (Å²) in [5.41, 5.74) is 0.272. The highest BCUT2D eigenvalue weighted by Crippen LogP contribution is 2.22. The van der Waals surface area contributed by atoms with Crippen molar-refractivity contribution in [3.8, 4) is 0 Å². The highest BCUT2D eigenvalue weighted by molar-refractivity contribution is 5.51. The summed E-state index contributed by atoms with van der Waals surface area (Å²) in [4.78, 5) is 17.4. The van der Waals surface area contributed by atoms with Gasteiger partial charge in [-0.3, -0.25) is 0 Å². The molecule has 0 saturated carbocycles. The van der Waals surface area contributed by atoms with E-state index in [4.69, 9.17) is 5.11 Å². The van der Waals surface area contributed by atoms with Crippen LogP contribution in [0.15, 0.2) is 17.2 Å². The van der Waals surface area contributed by atoms with Crippen molar-refractivity contribution >= 4 is 11.5 Å². The van der Waals surface area contributed by atoms with Gasteiger partial charge in [-0.2, -0.15) is 5.10 Å². The molecule has 3 rings (SSSR count). The van der Waals surface area contributed by atoms with Gasteiger partial charge in [0.2, 0.25) is 0 Å². The quantitative estimate of drug-likeness (QED) is 0.668. The Morgan fingerprint density at radius 3 is 3.12 bits per heavy atom. The maximum Gasteiger partial charge on any atom is 0.348 e. The number of nitrogens with zero attached hydrogens (tertiary/aromatic N) is 4. The van der Waals surface area contributed by atoms with Crippen LogP contribution in [0.2, 0.25) is 0 Å². The van der Waals surface area contributed by atoms with Gasteiger partial charge in [0.15, 0.2) is 5.65 Å². The zero-order valence-corrected chi connectivity index (χ0v) is 8.50. The molecule has 1 aliphatic heterocycles. The lowest BCUT2D eigenvalue weighted by Gasteiger charge is -2.39. The second kappa shape index (κ2) is 3.31. The number of H-pyrrole nitrogens is 1. The first-order valence-corrected chi connectivity index (χ1v) is 5.06. The van der Waals surface area contributed by atoms with E-state index in [1.165, 1.54) is 10.7 Å². The van der Waals surface area contributed by atoms with E-state index in [0.29, 0.717) is 11.6 Å². The largest absolute Gasteiger partial charge is 0.396 e. The van der Waals surface area contributed by atoms with Gasteiger partial charge in [-0.15, -0.1) is 0 Å². The summed E-state index contributed by atoms with van der Waals surface area (Å²) in [6, 6.07) is 1.76. The lowest BCUT2D eigenvalue weighted by molar-refractivity contribution is 0.200. The summed E-state index contributed by atoms with van der Waals surface area (Å²) in [6.07, 6.45) is 1.46. The number of aromatic nitrogens is 4. The van der Waals surface area contributed by atoms with Crippen LogP contribution >= 0.6 is 0 Å². The summed E-state index contributed by atoms with van der Waals surface area (Å²) >= 11 is 0. The molecule has 0 unspecified atom stereocenters. The van der Waals surface area contributed by atoms with Crippen LogP contribution in [0, 0.1) is 5.92 Å². The number of aromatic amines is 1. The number of fused-ring (bicyclic) bond motifs is 1. The number of hydrogen-bond donors (Lipinski definition) is 2. The molecule has 1 saturated heterocycles. The monoisotopic (exact) mass is 221 g/mol. The van der Waals surface area contributed by atoms with Gasteiger partial charge in [0.05, 0.1) is 0 Å². The van der Waals surface area contributed by atoms with Gasteiger partial charge in [0.25, 0.3) is 0 Å². The molecule has 16 heavy (non-hydrogen) atoms. The first kappa shape index (κ1) is 9.34. The Labute approximate surface area is 90.3 Å². The highest BCUT2D eigenvalue weighted by atomic mass is 16.3. The van der Waals surface area contributed by atoms with Crippen molar-refractivity contribution in [1.29, 1.82) is 0 Å². The molecule has 1 aliphatic rings. The summed E-state index contributed by atoms with van der Waals surface area (Å²) in [5, 5.41) is 15.1. The Kier molecular flexibility index (Phi) is 1.93. The van der Waals surface area contributed by atoms with E-state index in [9.17, 15) is 4.79 Å². The minimum Gasteiger partial charge on any atom is -0.396 e. The summed E-state index contributed by atoms with van der Waals surface area (Å²) < 4.78 is 1.35. The Bertz CT molecular complexity index is 569. The molecule has 0 aliphatic carbocycles. The number of rotatable bonds is 2. The molecule has 0 aromatic carbocycles. The van der Waals surface area contributed by atoms with Gasteiger partial charge in [-0.25, -0.2) is 19.3 Å². The van der Waals surface area contributed by atoms with Crippen LogP contribution in [0.4, 0.5) is 5.82 Å². The molecule has 0 bridgehead atoms. The maximum absolute atomic E-state index is 11.2. The molecule has 2 aromatic heterocycles. The van der Waals surface area contributed by atoms with Crippen LogP contribution in [0.25, 0.3) is 5.65 Å². The minimum absolute atomic E-state index is 0.209. The van der Waals surface area contributed by atoms with Gasteiger partial charge in [-0.1, -0.05) is 0 Å². The summed E-state index contributed by atoms with van der Waals surface area (Å²) in [6.45, 7) is 1.81. The van der Waals surface area contributed by atoms with E-state index >= 15 is 0 Å². The molecular formula is C9H11N5O2. The number of aliphatic hydroxyl groups excluding tert-OH is 1. The second-order valence-electron chi connectivity index (χ2n) is 3.96. The minimum atomic E-state index is -0.286. The number of anilines is 1. The first-order chi connectivity index (χ1) is 7.78. The lowest BCUT2D eigenvalue weighted by atomic mass is 10.0. The number of hydrogen-bond acceptors (Lipinski definition) is 5. The van der Waals surface area contributed by atoms with E-state index in [0.717, 1.165) is 18.9 Å². The van der Waals surface area contributed by atoms with Crippen molar-refractivity contribution in [3.05, 3.63) is 22.9 Å². The highest BCUT2D eigenvalue weighted by Gasteiger charge is 2.27. The van der Waals surface area contributed by atoms with E-state index < -0.39 is 0 Å². The van der Waals surface area contributed by atoms with Crippen LogP contribution in [-0.2, 0) is 0 Å². The number of nitrogens with one attached hydrogen (secondary N) is 1. The Morgan fingerprint density at radius 1 is 1.56 bits per heavy atom. The molecule has 7 heteroatoms. The van der Waals surface area contributed by atoms with Crippen molar-refractivity contribution in [2.24, 2.45) is 5.92 Å². The van der Waals surface area contributed by atoms with Crippen molar-refractivity contribution in [2.45, 2.75) is 0 Å². The van der Waals surface area contributed by atoms with Gasteiger partial charge in [0.1, 0.15) is 12.1 Å². The predicted octanol–water partition coefficient (Wildman–Crippen LogP) is -1.15. The van der Waals surface area contributed by atoms with Gasteiger partial charge < -0.3 is 10.0 Å². The van der Waals surface area contributed by atoms with E-state index in [-0.39, 0.29) is 12.3 Å². The van der Waals surface area contributed by atoms with Crippen LogP contribution in [0.3, 0.4) is 0 Å². The Hall–Kier alpha value is -1.89. The average Bonchev–Trinajstić information content (AvgIpc) is 2.59. The van der Waals surface area contributed by atoms with Crippen molar-refractivity contribution in [2.75, 3.05) is 24.6 Å². The third-order valence-corrected chi connectivity index (χ3v) is 2.83. The molecule has 1 fully saturated rings. The van der Waals surface area contributed by atoms with Crippen molar-refractivity contribution < 1.29 is 5.11 Å². The zero-order chi connectivity index (χ0) is 11.1. The molecular weight excluding hydrogens is 210 g/mol. The molecule has 7 nitrogen and oxygen atoms in total. The van der Waals surface area contributed by atoms with E-state index in [1.54, 1.807) is 6.07 Å². The molecule has 0 amide bonds. The topological polar surface area (TPSA) is 86.5 Å². The smallest absolute Gasteiger partial charge is 0.348 e. The molecule has 3 heterocycles. The van der Waals surface area contributed by atoms with Crippen molar-refractivity contribution in [3.63, 3.8) is 0 Å². The molecule has 0 spiro atoms. The molecule has 84 valence electrons. The molecule has 2 aromatic rings. The fourth-order valence-electron chi connectivity index (χ4n) is 1.85. The first-order valence-electron chi connectivity index (χ1n) is 5.06. The van der Waals surface area contributed by atoms with Gasteiger partial charge in [-0.05, 0) is 0 Å². The number of aliphatic hydroxyl groups is 1. The molecule has 0 radical (unpaired) electrons. The zero-order valence-electron chi connectivity index (χ0n) is 8.50. The maximum atomic E-state index is 11.2. The third-order valence-electron chi connectivity index (χ3n) is 2.83. The lowest BCUT2D eigenvalue weighted by Crippen LogP contribution is -2.48. The summed E-state index contributed by atoms with van der Waals surface area (Å²) in [7, 11) is 0. The predicted molar refractivity (Wildman–Crippen MR) is 56.4 cm³/mol. The van der Waals surface area contributed by atoms with Crippen LogP contribution < -0.4 is 10.6 Å². The van der Waals surface area contributed by atoms with Crippen molar-refractivity contribution in [1.82, 2.24) is 19.6 Å². The Balaban J connectivity index is 1.92. The fraction of sp³-hybridized carbons (Fsp3) is 0.444. The van der Waals surface area contributed by atoms with E-state index in [2.05, 4.69) is 15.2 Å². The van der Waals surface area contributed by atoms with E-state index in [1.807, 2.05) is 4.90 Å². The molecule has 0 atom stereocenters. The average molecular weight is 221 g/mol. The van der Waals surface area contributed by atoms with Crippen LogP contribution in [0.5, 0.6) is 0 Å². The van der Waals surface area contributed by atoms with Gasteiger partial charge >= 0.3 is 5.69 Å². The Morgan fingerprint density at radius 2 is 2.38 bits per heavy atom. The third kappa shape index (κ3) is 1.28. The van der Waals surface area contributed by atoms with Crippen LogP contribution in [-0.4, -0.2) is 44.4 Å².